The summed E-state index contributed by atoms with van der Waals surface area (Å²) in [5, 5.41) is 9.76. The summed E-state index contributed by atoms with van der Waals surface area (Å²) in [6, 6.07) is 3.18. The number of aromatic nitrogens is 1. The number of aliphatic hydroxyl groups is 1. The van der Waals surface area contributed by atoms with Gasteiger partial charge in [-0.3, -0.25) is 0 Å². The number of pyridine rings is 1. The molecule has 3 N–H and O–H groups in total. The lowest BCUT2D eigenvalue weighted by molar-refractivity contribution is 0.0709. The number of hydrogen-bond acceptors (Lipinski definition) is 5. The summed E-state index contributed by atoms with van der Waals surface area (Å²) in [5.41, 5.74) is 6.03. The second-order valence-electron chi connectivity index (χ2n) is 3.29. The fourth-order valence-corrected chi connectivity index (χ4v) is 1.44. The topological polar surface area (TPSA) is 77.6 Å². The van der Waals surface area contributed by atoms with Crippen molar-refractivity contribution in [2.45, 2.75) is 12.2 Å². The van der Waals surface area contributed by atoms with Crippen LogP contribution in [0.4, 0.5) is 5.69 Å². The molecule has 0 aliphatic carbocycles. The molecule has 2 heterocycles. The fraction of sp³-hybridized carbons (Fsp3) is 0.444. The van der Waals surface area contributed by atoms with Crippen LogP contribution in [0.3, 0.4) is 0 Å². The summed E-state index contributed by atoms with van der Waals surface area (Å²) in [6.07, 6.45) is -1.08. The van der Waals surface area contributed by atoms with Crippen LogP contribution in [0.15, 0.2) is 12.1 Å². The van der Waals surface area contributed by atoms with E-state index in [0.717, 1.165) is 0 Å². The number of nitrogens with two attached hydrogens (primary N) is 1. The van der Waals surface area contributed by atoms with Crippen LogP contribution in [0.5, 0.6) is 5.88 Å². The molecule has 1 aliphatic rings. The number of anilines is 1. The Labute approximate surface area is 91.8 Å². The van der Waals surface area contributed by atoms with Crippen LogP contribution >= 0.6 is 11.6 Å². The summed E-state index contributed by atoms with van der Waals surface area (Å²) in [4.78, 5) is 3.92. The Morgan fingerprint density at radius 3 is 3.00 bits per heavy atom. The minimum absolute atomic E-state index is 0.233. The van der Waals surface area contributed by atoms with Crippen molar-refractivity contribution in [2.24, 2.45) is 0 Å². The summed E-state index contributed by atoms with van der Waals surface area (Å²) in [6.45, 7) is 0.597. The molecule has 1 fully saturated rings. The van der Waals surface area contributed by atoms with E-state index in [2.05, 4.69) is 4.98 Å². The standard InChI is InChI=1S/C9H11ClN2O3/c10-8-2-1-5(11)9(12-8)15-7-4-14-3-6(7)13/h1-2,6-7,13H,3-4,11H2. The van der Waals surface area contributed by atoms with Crippen LogP contribution in [-0.4, -0.2) is 35.5 Å². The maximum Gasteiger partial charge on any atom is 0.239 e. The van der Waals surface area contributed by atoms with Crippen molar-refractivity contribution in [1.82, 2.24) is 4.98 Å². The minimum atomic E-state index is -0.648. The van der Waals surface area contributed by atoms with Gasteiger partial charge in [-0.15, -0.1) is 0 Å². The van der Waals surface area contributed by atoms with E-state index < -0.39 is 12.2 Å². The molecule has 1 aromatic heterocycles. The van der Waals surface area contributed by atoms with Gasteiger partial charge in [-0.25, -0.2) is 0 Å². The Bertz CT molecular complexity index is 361. The minimum Gasteiger partial charge on any atom is -0.468 e. The van der Waals surface area contributed by atoms with Gasteiger partial charge in [0, 0.05) is 0 Å². The van der Waals surface area contributed by atoms with E-state index in [1.165, 1.54) is 0 Å². The molecule has 2 unspecified atom stereocenters. The van der Waals surface area contributed by atoms with Gasteiger partial charge in [0.2, 0.25) is 5.88 Å². The molecule has 82 valence electrons. The van der Waals surface area contributed by atoms with E-state index in [4.69, 9.17) is 26.8 Å². The molecule has 0 bridgehead atoms. The third kappa shape index (κ3) is 2.31. The third-order valence-corrected chi connectivity index (χ3v) is 2.33. The molecule has 5 nitrogen and oxygen atoms in total. The van der Waals surface area contributed by atoms with Gasteiger partial charge in [0.15, 0.2) is 6.10 Å². The van der Waals surface area contributed by atoms with E-state index in [9.17, 15) is 5.11 Å². The van der Waals surface area contributed by atoms with Crippen LogP contribution in [0, 0.1) is 0 Å². The number of ether oxygens (including phenoxy) is 2. The van der Waals surface area contributed by atoms with Crippen LogP contribution in [0.1, 0.15) is 0 Å². The van der Waals surface area contributed by atoms with Gasteiger partial charge in [-0.05, 0) is 12.1 Å². The van der Waals surface area contributed by atoms with Crippen molar-refractivity contribution < 1.29 is 14.6 Å². The van der Waals surface area contributed by atoms with Crippen LogP contribution in [-0.2, 0) is 4.74 Å². The van der Waals surface area contributed by atoms with E-state index >= 15 is 0 Å². The first-order chi connectivity index (χ1) is 7.16. The summed E-state index contributed by atoms with van der Waals surface area (Å²) in [5.74, 6) is 0.233. The van der Waals surface area contributed by atoms with Gasteiger partial charge in [-0.1, -0.05) is 11.6 Å². The Hall–Kier alpha value is -1.04. The van der Waals surface area contributed by atoms with Crippen molar-refractivity contribution in [1.29, 1.82) is 0 Å². The fourth-order valence-electron chi connectivity index (χ4n) is 1.30. The van der Waals surface area contributed by atoms with Crippen molar-refractivity contribution in [3.63, 3.8) is 0 Å². The van der Waals surface area contributed by atoms with Gasteiger partial charge in [-0.2, -0.15) is 4.98 Å². The Kier molecular flexibility index (Phi) is 2.95. The average molecular weight is 231 g/mol. The first-order valence-corrected chi connectivity index (χ1v) is 4.89. The quantitative estimate of drug-likeness (QED) is 0.722. The van der Waals surface area contributed by atoms with E-state index in [-0.39, 0.29) is 12.5 Å². The highest BCUT2D eigenvalue weighted by Crippen LogP contribution is 2.23. The number of nitrogen functional groups attached to an aromatic ring is 1. The predicted molar refractivity (Wildman–Crippen MR) is 54.9 cm³/mol. The number of nitrogens with zero attached hydrogens (tertiary/aromatic N) is 1. The van der Waals surface area contributed by atoms with Gasteiger partial charge >= 0.3 is 0 Å². The average Bonchev–Trinajstić information content (AvgIpc) is 2.58. The van der Waals surface area contributed by atoms with Crippen molar-refractivity contribution in [2.75, 3.05) is 18.9 Å². The van der Waals surface area contributed by atoms with Crippen molar-refractivity contribution in [3.05, 3.63) is 17.3 Å². The van der Waals surface area contributed by atoms with Gasteiger partial charge in [0.05, 0.1) is 18.9 Å². The maximum atomic E-state index is 9.46. The molecular weight excluding hydrogens is 220 g/mol. The third-order valence-electron chi connectivity index (χ3n) is 2.12. The van der Waals surface area contributed by atoms with Gasteiger partial charge < -0.3 is 20.3 Å². The molecule has 0 saturated carbocycles. The summed E-state index contributed by atoms with van der Waals surface area (Å²) < 4.78 is 10.4. The van der Waals surface area contributed by atoms with Crippen molar-refractivity contribution >= 4 is 17.3 Å². The molecule has 2 rings (SSSR count). The Balaban J connectivity index is 2.12. The summed E-state index contributed by atoms with van der Waals surface area (Å²) >= 11 is 5.70. The molecule has 6 heteroatoms. The van der Waals surface area contributed by atoms with Crippen LogP contribution < -0.4 is 10.5 Å². The van der Waals surface area contributed by atoms with Crippen LogP contribution in [0.25, 0.3) is 0 Å². The molecule has 1 aliphatic heterocycles. The van der Waals surface area contributed by atoms with Crippen molar-refractivity contribution in [3.8, 4) is 5.88 Å². The molecule has 0 radical (unpaired) electrons. The highest BCUT2D eigenvalue weighted by atomic mass is 35.5. The zero-order valence-electron chi connectivity index (χ0n) is 7.89. The maximum absolute atomic E-state index is 9.46. The number of hydrogen-bond donors (Lipinski definition) is 2. The highest BCUT2D eigenvalue weighted by molar-refractivity contribution is 6.29. The smallest absolute Gasteiger partial charge is 0.239 e. The highest BCUT2D eigenvalue weighted by Gasteiger charge is 2.28. The van der Waals surface area contributed by atoms with Gasteiger partial charge in [0.1, 0.15) is 11.3 Å². The van der Waals surface area contributed by atoms with E-state index in [0.29, 0.717) is 17.4 Å². The zero-order valence-corrected chi connectivity index (χ0v) is 8.65. The second-order valence-corrected chi connectivity index (χ2v) is 3.68. The summed E-state index contributed by atoms with van der Waals surface area (Å²) in [7, 11) is 0. The largest absolute Gasteiger partial charge is 0.468 e. The molecule has 1 aromatic rings. The van der Waals surface area contributed by atoms with Crippen LogP contribution in [0.2, 0.25) is 5.15 Å². The van der Waals surface area contributed by atoms with Gasteiger partial charge in [0.25, 0.3) is 0 Å². The lowest BCUT2D eigenvalue weighted by atomic mass is 10.2. The first-order valence-electron chi connectivity index (χ1n) is 4.51. The Morgan fingerprint density at radius 1 is 1.53 bits per heavy atom. The lowest BCUT2D eigenvalue weighted by Crippen LogP contribution is -2.30. The molecule has 15 heavy (non-hydrogen) atoms. The first kappa shape index (κ1) is 10.5. The number of halogens is 1. The predicted octanol–water partition coefficient (Wildman–Crippen LogP) is 0.456. The molecule has 2 atom stereocenters. The van der Waals surface area contributed by atoms with E-state index in [1.807, 2.05) is 0 Å². The normalized spacial score (nSPS) is 25.5. The zero-order chi connectivity index (χ0) is 10.8. The SMILES string of the molecule is Nc1ccc(Cl)nc1OC1COCC1O. The number of rotatable bonds is 2. The monoisotopic (exact) mass is 230 g/mol. The number of aliphatic hydroxyl groups excluding tert-OH is 1. The lowest BCUT2D eigenvalue weighted by Gasteiger charge is -2.15. The molecule has 0 aromatic carbocycles. The molecule has 0 amide bonds. The molecule has 0 spiro atoms. The Morgan fingerprint density at radius 2 is 2.33 bits per heavy atom. The molecular formula is C9H11ClN2O3. The van der Waals surface area contributed by atoms with E-state index in [1.54, 1.807) is 12.1 Å². The molecule has 1 saturated heterocycles. The second kappa shape index (κ2) is 4.22.